The number of alkyl halides is 3. The van der Waals surface area contributed by atoms with Crippen LogP contribution in [0.1, 0.15) is 10.4 Å². The normalized spacial score (nSPS) is 10.1. The molecule has 0 saturated carbocycles. The molecule has 0 unspecified atom stereocenters. The lowest BCUT2D eigenvalue weighted by Crippen LogP contribution is -2.21. The zero-order chi connectivity index (χ0) is 13.6. The average molecular weight is 251 g/mol. The Morgan fingerprint density at radius 2 is 1.53 bits per heavy atom. The van der Waals surface area contributed by atoms with Gasteiger partial charge in [0.15, 0.2) is 0 Å². The van der Waals surface area contributed by atoms with Crippen LogP contribution in [0, 0.1) is 0 Å². The average Bonchev–Trinajstić information content (AvgIpc) is 2.17. The molecule has 0 heterocycles. The predicted molar refractivity (Wildman–Crippen MR) is 51.5 cm³/mol. The highest BCUT2D eigenvalue weighted by Gasteiger charge is 2.38. The Labute approximate surface area is 93.3 Å². The van der Waals surface area contributed by atoms with Crippen LogP contribution in [0.4, 0.5) is 18.9 Å². The van der Waals surface area contributed by atoms with E-state index < -0.39 is 18.1 Å². The predicted octanol–water partition coefficient (Wildman–Crippen LogP) is 1.60. The van der Waals surface area contributed by atoms with Crippen LogP contribution >= 0.6 is 0 Å². The third kappa shape index (κ3) is 5.40. The van der Waals surface area contributed by atoms with Gasteiger partial charge in [-0.15, -0.1) is 0 Å². The highest BCUT2D eigenvalue weighted by molar-refractivity contribution is 5.93. The van der Waals surface area contributed by atoms with Crippen molar-refractivity contribution in [2.75, 3.05) is 5.73 Å². The number of nitrogens with two attached hydrogens (primary N) is 1. The van der Waals surface area contributed by atoms with E-state index in [1.54, 1.807) is 18.2 Å². The largest absolute Gasteiger partial charge is 0.490 e. The van der Waals surface area contributed by atoms with E-state index in [2.05, 4.69) is 0 Å². The summed E-state index contributed by atoms with van der Waals surface area (Å²) >= 11 is 0. The van der Waals surface area contributed by atoms with Gasteiger partial charge in [-0.05, 0) is 12.1 Å². The fraction of sp³-hybridized carbons (Fsp3) is 0.111. The first kappa shape index (κ1) is 14.8. The fourth-order valence-electron chi connectivity index (χ4n) is 0.692. The number of carboxylic acid groups (broad SMARTS) is 2. The summed E-state index contributed by atoms with van der Waals surface area (Å²) in [5.41, 5.74) is 5.80. The minimum absolute atomic E-state index is 0.155. The van der Waals surface area contributed by atoms with Crippen LogP contribution in [0.2, 0.25) is 0 Å². The first-order valence-electron chi connectivity index (χ1n) is 4.04. The van der Waals surface area contributed by atoms with Crippen molar-refractivity contribution in [1.29, 1.82) is 0 Å². The lowest BCUT2D eigenvalue weighted by molar-refractivity contribution is -0.192. The number of carboxylic acids is 2. The third-order valence-corrected chi connectivity index (χ3v) is 1.43. The molecule has 0 fully saturated rings. The van der Waals surface area contributed by atoms with Crippen molar-refractivity contribution in [3.63, 3.8) is 0 Å². The van der Waals surface area contributed by atoms with Crippen molar-refractivity contribution in [2.45, 2.75) is 6.18 Å². The van der Waals surface area contributed by atoms with Gasteiger partial charge in [-0.25, -0.2) is 9.59 Å². The Bertz CT molecular complexity index is 417. The molecule has 1 aromatic rings. The lowest BCUT2D eigenvalue weighted by Gasteiger charge is -1.96. The third-order valence-electron chi connectivity index (χ3n) is 1.43. The Kier molecular flexibility index (Phi) is 4.97. The maximum Gasteiger partial charge on any atom is 0.490 e. The summed E-state index contributed by atoms with van der Waals surface area (Å²) in [6.45, 7) is 0. The van der Waals surface area contributed by atoms with Crippen molar-refractivity contribution in [3.8, 4) is 0 Å². The fourth-order valence-corrected chi connectivity index (χ4v) is 0.692. The zero-order valence-electron chi connectivity index (χ0n) is 8.23. The first-order chi connectivity index (χ1) is 7.66. The number of hydrogen-bond acceptors (Lipinski definition) is 3. The number of anilines is 1. The molecule has 17 heavy (non-hydrogen) atoms. The molecule has 0 spiro atoms. The lowest BCUT2D eigenvalue weighted by atomic mass is 10.2. The number of aliphatic carboxylic acids is 1. The molecule has 0 atom stereocenters. The molecule has 0 aliphatic carbocycles. The smallest absolute Gasteiger partial charge is 0.478 e. The minimum Gasteiger partial charge on any atom is -0.478 e. The Hall–Kier alpha value is -2.25. The number of halogens is 3. The summed E-state index contributed by atoms with van der Waals surface area (Å²) in [5, 5.41) is 15.6. The van der Waals surface area contributed by atoms with Gasteiger partial charge in [0, 0.05) is 5.69 Å². The van der Waals surface area contributed by atoms with E-state index in [1.807, 2.05) is 0 Å². The molecule has 0 amide bonds. The van der Waals surface area contributed by atoms with E-state index in [1.165, 1.54) is 6.07 Å². The molecule has 1 aromatic carbocycles. The Morgan fingerprint density at radius 3 is 1.76 bits per heavy atom. The van der Waals surface area contributed by atoms with Crippen molar-refractivity contribution >= 4 is 17.6 Å². The second kappa shape index (κ2) is 5.73. The molecule has 0 aliphatic rings. The van der Waals surface area contributed by atoms with Crippen LogP contribution in [0.3, 0.4) is 0 Å². The summed E-state index contributed by atoms with van der Waals surface area (Å²) in [7, 11) is 0. The monoisotopic (exact) mass is 251 g/mol. The topological polar surface area (TPSA) is 101 Å². The number of nitrogen functional groups attached to an aromatic ring is 1. The summed E-state index contributed by atoms with van der Waals surface area (Å²) in [4.78, 5) is 19.2. The van der Waals surface area contributed by atoms with Gasteiger partial charge < -0.3 is 15.9 Å². The molecule has 8 heteroatoms. The van der Waals surface area contributed by atoms with Gasteiger partial charge in [-0.1, -0.05) is 12.1 Å². The summed E-state index contributed by atoms with van der Waals surface area (Å²) in [5.74, 6) is -3.74. The van der Waals surface area contributed by atoms with Crippen molar-refractivity contribution < 1.29 is 33.0 Å². The molecule has 0 aliphatic heterocycles. The SMILES string of the molecule is Nc1ccccc1C(=O)O.O=C(O)C(F)(F)F. The number of hydrogen-bond donors (Lipinski definition) is 3. The summed E-state index contributed by atoms with van der Waals surface area (Å²) in [6, 6.07) is 6.36. The van der Waals surface area contributed by atoms with E-state index in [4.69, 9.17) is 20.7 Å². The quantitative estimate of drug-likeness (QED) is 0.658. The standard InChI is InChI=1S/C7H7NO2.C2HF3O2/c8-6-4-2-1-3-5(6)7(9)10;3-2(4,5)1(6)7/h1-4H,8H2,(H,9,10);(H,6,7). The summed E-state index contributed by atoms with van der Waals surface area (Å²) in [6.07, 6.45) is -5.08. The number of benzene rings is 1. The van der Waals surface area contributed by atoms with Crippen LogP contribution in [0.25, 0.3) is 0 Å². The number of carbonyl (C=O) groups is 2. The molecule has 4 N–H and O–H groups in total. The van der Waals surface area contributed by atoms with Gasteiger partial charge in [0.25, 0.3) is 0 Å². The van der Waals surface area contributed by atoms with Gasteiger partial charge in [0.05, 0.1) is 5.56 Å². The molecule has 5 nitrogen and oxygen atoms in total. The van der Waals surface area contributed by atoms with E-state index in [0.717, 1.165) is 0 Å². The number of aromatic carboxylic acids is 1. The molecule has 1 rings (SSSR count). The van der Waals surface area contributed by atoms with E-state index in [0.29, 0.717) is 5.69 Å². The zero-order valence-corrected chi connectivity index (χ0v) is 8.23. The highest BCUT2D eigenvalue weighted by atomic mass is 19.4. The highest BCUT2D eigenvalue weighted by Crippen LogP contribution is 2.13. The van der Waals surface area contributed by atoms with Crippen LogP contribution in [-0.4, -0.2) is 28.3 Å². The van der Waals surface area contributed by atoms with Crippen LogP contribution in [0.15, 0.2) is 24.3 Å². The van der Waals surface area contributed by atoms with Crippen molar-refractivity contribution in [3.05, 3.63) is 29.8 Å². The second-order valence-corrected chi connectivity index (χ2v) is 2.70. The first-order valence-corrected chi connectivity index (χ1v) is 4.04. The van der Waals surface area contributed by atoms with Gasteiger partial charge >= 0.3 is 18.1 Å². The Balaban J connectivity index is 0.000000325. The van der Waals surface area contributed by atoms with Gasteiger partial charge in [0.1, 0.15) is 0 Å². The molecule has 0 saturated heterocycles. The van der Waals surface area contributed by atoms with Crippen LogP contribution in [-0.2, 0) is 4.79 Å². The van der Waals surface area contributed by atoms with Gasteiger partial charge in [-0.3, -0.25) is 0 Å². The van der Waals surface area contributed by atoms with Crippen LogP contribution in [0.5, 0.6) is 0 Å². The molecular weight excluding hydrogens is 243 g/mol. The van der Waals surface area contributed by atoms with Crippen molar-refractivity contribution in [2.24, 2.45) is 0 Å². The summed E-state index contributed by atoms with van der Waals surface area (Å²) < 4.78 is 31.7. The maximum absolute atomic E-state index is 10.6. The van der Waals surface area contributed by atoms with E-state index in [9.17, 15) is 18.0 Å². The molecule has 94 valence electrons. The van der Waals surface area contributed by atoms with E-state index in [-0.39, 0.29) is 5.56 Å². The van der Waals surface area contributed by atoms with E-state index >= 15 is 0 Å². The second-order valence-electron chi connectivity index (χ2n) is 2.70. The number of para-hydroxylation sites is 1. The van der Waals surface area contributed by atoms with Gasteiger partial charge in [-0.2, -0.15) is 13.2 Å². The number of rotatable bonds is 1. The maximum atomic E-state index is 10.6. The van der Waals surface area contributed by atoms with Gasteiger partial charge in [0.2, 0.25) is 0 Å². The molecular formula is C9H8F3NO4. The molecule has 0 radical (unpaired) electrons. The molecule has 0 bridgehead atoms. The van der Waals surface area contributed by atoms with Crippen molar-refractivity contribution in [1.82, 2.24) is 0 Å². The Morgan fingerprint density at radius 1 is 1.12 bits per heavy atom. The molecule has 0 aromatic heterocycles. The minimum atomic E-state index is -5.08. The van der Waals surface area contributed by atoms with Crippen LogP contribution < -0.4 is 5.73 Å².